The Morgan fingerprint density at radius 1 is 0.527 bits per heavy atom. The van der Waals surface area contributed by atoms with E-state index in [2.05, 4.69) is 25.0 Å². The number of amides is 7. The molecule has 74 heavy (non-hydrogen) atoms. The number of aliphatic carboxylic acids is 4. The van der Waals surface area contributed by atoms with Gasteiger partial charge in [0.25, 0.3) is 0 Å². The number of carbonyl (C=O) groups excluding carboxylic acids is 7. The van der Waals surface area contributed by atoms with Crippen molar-refractivity contribution in [3.8, 4) is 5.75 Å². The minimum absolute atomic E-state index is 0.0754. The average molecular weight is 1100 g/mol. The smallest absolute Gasteiger partial charge is 0.508 e. The molecule has 1 rings (SSSR count). The van der Waals surface area contributed by atoms with Gasteiger partial charge in [-0.3, -0.25) is 47.9 Å². The van der Waals surface area contributed by atoms with Gasteiger partial charge in [-0.2, -0.15) is 38.4 Å². The summed E-state index contributed by atoms with van der Waals surface area (Å²) in [7, 11) is -10.5. The molecule has 0 bridgehead atoms. The van der Waals surface area contributed by atoms with Gasteiger partial charge in [-0.25, -0.2) is 4.79 Å². The lowest BCUT2D eigenvalue weighted by atomic mass is 10.0. The Balaban J connectivity index is 3.49. The van der Waals surface area contributed by atoms with Gasteiger partial charge in [-0.1, -0.05) is 26.0 Å². The number of aromatic hydroxyl groups is 1. The van der Waals surface area contributed by atoms with Crippen molar-refractivity contribution in [1.82, 2.24) is 37.2 Å². The number of phenolic OH excluding ortho intramolecular Hbond substituents is 1. The van der Waals surface area contributed by atoms with Gasteiger partial charge in [-0.05, 0) is 56.2 Å². The Kier molecular flexibility index (Phi) is 27.3. The second-order valence-corrected chi connectivity index (χ2v) is 19.2. The van der Waals surface area contributed by atoms with E-state index in [-0.39, 0.29) is 18.6 Å². The fourth-order valence-electron chi connectivity index (χ4n) is 6.13. The Bertz CT molecular complexity index is 2140. The van der Waals surface area contributed by atoms with E-state index in [0.717, 1.165) is 6.92 Å². The highest BCUT2D eigenvalue weighted by molar-refractivity contribution is 7.53. The average Bonchev–Trinajstić information content (AvgIpc) is 3.26. The largest absolute Gasteiger partial charge is 0.567 e. The van der Waals surface area contributed by atoms with Crippen molar-refractivity contribution in [3.05, 3.63) is 29.8 Å². The number of aliphatic hydroxyl groups excluding tert-OH is 1. The molecule has 0 fully saturated rings. The van der Waals surface area contributed by atoms with Gasteiger partial charge in [0.05, 0.1) is 18.6 Å². The zero-order valence-corrected chi connectivity index (χ0v) is 41.4. The van der Waals surface area contributed by atoms with Crippen molar-refractivity contribution >= 4 is 81.6 Å². The van der Waals surface area contributed by atoms with Crippen LogP contribution in [-0.2, 0) is 68.2 Å². The van der Waals surface area contributed by atoms with Gasteiger partial charge in [-0.15, -0.1) is 0 Å². The summed E-state index contributed by atoms with van der Waals surface area (Å²) in [6.45, 7) is 1.30. The Morgan fingerprint density at radius 3 is 1.34 bits per heavy atom. The van der Waals surface area contributed by atoms with Crippen LogP contribution in [0.3, 0.4) is 0 Å². The summed E-state index contributed by atoms with van der Waals surface area (Å²) in [5, 5.41) is 71.6. The monoisotopic (exact) mass is 1100 g/mol. The molecule has 35 heteroatoms. The molecule has 0 spiro atoms. The quantitative estimate of drug-likeness (QED) is 0.0286. The van der Waals surface area contributed by atoms with Crippen LogP contribution in [0.15, 0.2) is 24.3 Å². The van der Waals surface area contributed by atoms with Crippen molar-refractivity contribution in [1.29, 1.82) is 0 Å². The van der Waals surface area contributed by atoms with E-state index in [4.69, 9.17) is 10.8 Å². The molecule has 7 amide bonds. The number of carbonyl (C=O) groups is 11. The van der Waals surface area contributed by atoms with Gasteiger partial charge in [0.15, 0.2) is 0 Å². The van der Waals surface area contributed by atoms with Crippen LogP contribution in [0.2, 0.25) is 0 Å². The van der Waals surface area contributed by atoms with Crippen LogP contribution in [0.1, 0.15) is 64.9 Å². The fraction of sp³-hybridized carbons (Fsp3) is 0.564. The van der Waals surface area contributed by atoms with Gasteiger partial charge in [0.1, 0.15) is 61.3 Å². The molecule has 416 valence electrons. The highest BCUT2D eigenvalue weighted by Crippen LogP contribution is 2.46. The Morgan fingerprint density at radius 2 is 0.919 bits per heavy atom. The van der Waals surface area contributed by atoms with Crippen LogP contribution in [0.5, 0.6) is 5.75 Å². The van der Waals surface area contributed by atoms with Crippen LogP contribution < -0.4 is 43.0 Å². The number of aliphatic hydroxyl groups is 1. The van der Waals surface area contributed by atoms with E-state index in [0.29, 0.717) is 5.56 Å². The molecule has 33 nitrogen and oxygen atoms in total. The third kappa shape index (κ3) is 26.6. The van der Waals surface area contributed by atoms with Gasteiger partial charge in [0.2, 0.25) is 41.4 Å². The first-order valence-electron chi connectivity index (χ1n) is 21.7. The topological polar surface area (TPSA) is 559 Å². The van der Waals surface area contributed by atoms with E-state index < -0.39 is 187 Å². The van der Waals surface area contributed by atoms with Crippen LogP contribution in [0.25, 0.3) is 0 Å². The number of benzene rings is 1. The lowest BCUT2D eigenvalue weighted by molar-refractivity contribution is -0.144. The molecule has 0 saturated heterocycles. The molecule has 0 heterocycles. The Labute approximate surface area is 420 Å². The zero-order chi connectivity index (χ0) is 56.8. The number of hydrogen-bond donors (Lipinski definition) is 20. The molecule has 0 radical (unpaired) electrons. The minimum atomic E-state index is -5.28. The van der Waals surface area contributed by atoms with Gasteiger partial charge in [0, 0.05) is 12.8 Å². The first kappa shape index (κ1) is 65.7. The maximum atomic E-state index is 13.9. The molecule has 0 saturated carbocycles. The van der Waals surface area contributed by atoms with Gasteiger partial charge >= 0.3 is 40.2 Å². The number of carboxylic acid groups (broad SMARTS) is 4. The summed E-state index contributed by atoms with van der Waals surface area (Å²) in [5.74, 6) is -16.7. The second kappa shape index (κ2) is 30.8. The number of carboxylic acids is 4. The van der Waals surface area contributed by atoms with E-state index in [1.165, 1.54) is 38.1 Å². The third-order valence-corrected chi connectivity index (χ3v) is 10.8. The lowest BCUT2D eigenvalue weighted by Gasteiger charge is -2.28. The van der Waals surface area contributed by atoms with E-state index in [1.807, 2.05) is 21.3 Å². The summed E-state index contributed by atoms with van der Waals surface area (Å²) in [5.41, 5.74) is 6.50. The third-order valence-electron chi connectivity index (χ3n) is 9.78. The first-order valence-corrected chi connectivity index (χ1v) is 24.9. The molecular formula is C39H62N8O25P2+2. The van der Waals surface area contributed by atoms with E-state index in [1.54, 1.807) is 0 Å². The molecule has 1 aromatic rings. The van der Waals surface area contributed by atoms with E-state index in [9.17, 15) is 108 Å². The maximum Gasteiger partial charge on any atom is 0.567 e. The zero-order valence-electron chi connectivity index (χ0n) is 39.6. The first-order chi connectivity index (χ1) is 34.1. The van der Waals surface area contributed by atoms with Crippen molar-refractivity contribution < 1.29 is 122 Å². The van der Waals surface area contributed by atoms with Crippen molar-refractivity contribution in [2.75, 3.05) is 13.2 Å². The van der Waals surface area contributed by atoms with Crippen molar-refractivity contribution in [2.45, 2.75) is 120 Å². The summed E-state index contributed by atoms with van der Waals surface area (Å²) >= 11 is 0. The SMILES string of the molecule is CC(C)C[C@H](NC(=O)[C@@H](NC(=O)[C@H](CCC(=O)O)NC(=O)[C@@H](N)Cc1ccc(O)cc1)[C@@H](C)O)C(=O)N[C@@H](CO[P+](O)(O)O)C(=O)N[C@@H](CC(=O)O)C(=O)N[C@@H](CO[P+](O)(O)O)C(=O)N[C@@H](CCC(=O)O)C(=O)O. The van der Waals surface area contributed by atoms with Crippen LogP contribution >= 0.6 is 16.3 Å². The molecule has 1 aromatic carbocycles. The molecule has 0 aliphatic rings. The minimum Gasteiger partial charge on any atom is -0.508 e. The summed E-state index contributed by atoms with van der Waals surface area (Å²) in [4.78, 5) is 197. The van der Waals surface area contributed by atoms with Crippen molar-refractivity contribution in [3.63, 3.8) is 0 Å². The molecule has 21 N–H and O–H groups in total. The predicted molar refractivity (Wildman–Crippen MR) is 247 cm³/mol. The summed E-state index contributed by atoms with van der Waals surface area (Å²) in [6.07, 6.45) is -6.40. The molecule has 0 aliphatic carbocycles. The molecule has 0 aromatic heterocycles. The lowest BCUT2D eigenvalue weighted by Crippen LogP contribution is -2.62. The molecular weight excluding hydrogens is 1040 g/mol. The molecule has 0 aliphatic heterocycles. The maximum absolute atomic E-state index is 13.9. The van der Waals surface area contributed by atoms with E-state index >= 15 is 0 Å². The molecule has 9 atom stereocenters. The number of phenols is 1. The fourth-order valence-corrected chi connectivity index (χ4v) is 6.83. The summed E-state index contributed by atoms with van der Waals surface area (Å²) in [6, 6.07) is -10.0. The number of rotatable bonds is 34. The Hall–Kier alpha value is -6.35. The highest BCUT2D eigenvalue weighted by atomic mass is 31.2. The number of nitrogens with two attached hydrogens (primary N) is 1. The van der Waals surface area contributed by atoms with Crippen LogP contribution in [0.4, 0.5) is 0 Å². The van der Waals surface area contributed by atoms with Crippen LogP contribution in [-0.4, -0.2) is 193 Å². The van der Waals surface area contributed by atoms with Crippen LogP contribution in [0, 0.1) is 5.92 Å². The predicted octanol–water partition coefficient (Wildman–Crippen LogP) is -6.29. The van der Waals surface area contributed by atoms with Gasteiger partial charge < -0.3 is 73.6 Å². The van der Waals surface area contributed by atoms with Crippen molar-refractivity contribution in [2.24, 2.45) is 11.7 Å². The number of hydrogen-bond acceptors (Lipinski definition) is 22. The standard InChI is InChI=1S/C39H60N8O25P2/c1-17(2)12-24(44-38(62)31(18(3)48)47-33(57)22(8-10-28(50)51)41-32(56)21(40)13-19-4-6-20(49)7-5-19)34(58)45-27(16-72-74(68,69)70)37(61)43-25(14-30(54)55)35(59)46-26(15-71-73(65,66)67)36(60)42-23(39(63)64)9-11-29(52)53/h4-7,17-18,21-27,31,48,65-70H,8-16,40H2,1-3H3,(H10-2,41,42,43,44,45,46,47,49,50,51,52,53,54,55,56,57,58,59,60,61,62,63,64)/p+2/t18-,21+,22+,23+,24+,25+,26+,27+,31+/m1/s1. The molecule has 0 unspecified atom stereocenters. The summed E-state index contributed by atoms with van der Waals surface area (Å²) < 4.78 is 8.84. The normalized spacial score (nSPS) is 15.2. The highest BCUT2D eigenvalue weighted by Gasteiger charge is 2.41. The second-order valence-electron chi connectivity index (χ2n) is 16.6. The number of nitrogens with one attached hydrogen (secondary N) is 7.